The van der Waals surface area contributed by atoms with Gasteiger partial charge < -0.3 is 68.5 Å². The Morgan fingerprint density at radius 1 is 0.702 bits per heavy atom. The van der Waals surface area contributed by atoms with Gasteiger partial charge >= 0.3 is 11.9 Å². The number of hydrogen-bond donors (Lipinski definition) is 6. The van der Waals surface area contributed by atoms with Crippen LogP contribution in [0.3, 0.4) is 0 Å². The fraction of sp³-hybridized carbons (Fsp3) is 0.935. The van der Waals surface area contributed by atoms with Crippen LogP contribution in [-0.4, -0.2) is 157 Å². The molecule has 2 rings (SSSR count). The van der Waals surface area contributed by atoms with Crippen molar-refractivity contribution in [2.24, 2.45) is 0 Å². The van der Waals surface area contributed by atoms with Crippen molar-refractivity contribution in [1.29, 1.82) is 0 Å². The molecule has 0 aromatic carbocycles. The first-order chi connectivity index (χ1) is 22.6. The summed E-state index contributed by atoms with van der Waals surface area (Å²) in [5, 5.41) is 62.7. The Hall–Kier alpha value is -1.54. The monoisotopic (exact) mass is 684 g/mol. The maximum Gasteiger partial charge on any atom is 0.332 e. The zero-order valence-corrected chi connectivity index (χ0v) is 27.6. The van der Waals surface area contributed by atoms with Gasteiger partial charge in [-0.25, -0.2) is 4.79 Å². The third-order valence-corrected chi connectivity index (χ3v) is 8.04. The van der Waals surface area contributed by atoms with Crippen LogP contribution >= 0.6 is 0 Å². The second-order valence-electron chi connectivity index (χ2n) is 11.8. The second-order valence-corrected chi connectivity index (χ2v) is 11.8. The van der Waals surface area contributed by atoms with Gasteiger partial charge in [0.25, 0.3) is 0 Å². The summed E-state index contributed by atoms with van der Waals surface area (Å²) in [6.07, 6.45) is -3.61. The minimum atomic E-state index is -2.38. The Balaban J connectivity index is 1.81. The van der Waals surface area contributed by atoms with Crippen LogP contribution in [0, 0.1) is 0 Å². The van der Waals surface area contributed by atoms with Gasteiger partial charge in [0, 0.05) is 13.5 Å². The van der Waals surface area contributed by atoms with Crippen molar-refractivity contribution in [1.82, 2.24) is 0 Å². The predicted octanol–water partition coefficient (Wildman–Crippen LogP) is -0.693. The van der Waals surface area contributed by atoms with E-state index in [2.05, 4.69) is 6.92 Å². The molecule has 47 heavy (non-hydrogen) atoms. The van der Waals surface area contributed by atoms with Crippen LogP contribution in [0.4, 0.5) is 0 Å². The Labute approximate surface area is 276 Å². The summed E-state index contributed by atoms with van der Waals surface area (Å²) >= 11 is 0. The largest absolute Gasteiger partial charge is 0.463 e. The van der Waals surface area contributed by atoms with Gasteiger partial charge in [-0.05, 0) is 6.42 Å². The summed E-state index contributed by atoms with van der Waals surface area (Å²) in [6.45, 7) is 0.810. The molecule has 16 nitrogen and oxygen atoms in total. The van der Waals surface area contributed by atoms with E-state index in [0.29, 0.717) is 19.6 Å². The van der Waals surface area contributed by atoms with E-state index in [-0.39, 0.29) is 19.6 Å². The van der Waals surface area contributed by atoms with Gasteiger partial charge in [0.15, 0.2) is 6.29 Å². The van der Waals surface area contributed by atoms with Crippen molar-refractivity contribution < 1.29 is 78.1 Å². The molecule has 0 bridgehead atoms. The SMILES string of the molecule is CCCCCCCCCCCC(=O)OC[C@H]1O[C@H](O[C@]2(CO)O[C@H](COC(=O)COCCOCCOC)[C@@H](O)[C@@H]2O)[C@H](O)[C@@H](O)[C@@H]1O. The molecule has 276 valence electrons. The molecule has 2 fully saturated rings. The van der Waals surface area contributed by atoms with E-state index in [9.17, 15) is 40.2 Å². The van der Waals surface area contributed by atoms with E-state index in [4.69, 9.17) is 37.9 Å². The molecule has 6 N–H and O–H groups in total. The molecule has 0 aromatic heterocycles. The van der Waals surface area contributed by atoms with Crippen molar-refractivity contribution in [3.8, 4) is 0 Å². The van der Waals surface area contributed by atoms with Crippen LogP contribution in [0.2, 0.25) is 0 Å². The summed E-state index contributed by atoms with van der Waals surface area (Å²) in [7, 11) is 1.54. The standard InChI is InChI=1S/C31H56O16/c1-3-4-5-6-7-8-9-10-11-12-23(33)43-17-21-25(35)27(37)28(38)30(45-21)47-31(20-32)29(39)26(36)22(46-31)18-44-24(34)19-42-16-15-41-14-13-40-2/h21-22,25-30,32,35-39H,3-20H2,1-2H3/t21-,22-,25-,26-,27+,28-,29+,30-,31+/m1/s1. The molecular weight excluding hydrogens is 628 g/mol. The van der Waals surface area contributed by atoms with Gasteiger partial charge in [0.05, 0.1) is 26.4 Å². The average molecular weight is 685 g/mol. The first-order valence-corrected chi connectivity index (χ1v) is 16.6. The number of rotatable bonds is 25. The summed E-state index contributed by atoms with van der Waals surface area (Å²) in [4.78, 5) is 24.3. The summed E-state index contributed by atoms with van der Waals surface area (Å²) in [5.41, 5.74) is 0. The molecule has 0 saturated carbocycles. The van der Waals surface area contributed by atoms with E-state index in [1.807, 2.05) is 0 Å². The molecular formula is C31H56O16. The van der Waals surface area contributed by atoms with Crippen LogP contribution < -0.4 is 0 Å². The van der Waals surface area contributed by atoms with Crippen molar-refractivity contribution in [3.63, 3.8) is 0 Å². The molecule has 2 heterocycles. The number of carbonyl (C=O) groups excluding carboxylic acids is 2. The molecule has 2 aliphatic heterocycles. The minimum Gasteiger partial charge on any atom is -0.463 e. The lowest BCUT2D eigenvalue weighted by Crippen LogP contribution is -2.62. The van der Waals surface area contributed by atoms with E-state index in [1.54, 1.807) is 0 Å². The molecule has 0 unspecified atom stereocenters. The van der Waals surface area contributed by atoms with Crippen molar-refractivity contribution in [2.45, 2.75) is 126 Å². The molecule has 0 spiro atoms. The number of esters is 2. The zero-order valence-electron chi connectivity index (χ0n) is 27.6. The zero-order chi connectivity index (χ0) is 34.7. The quantitative estimate of drug-likeness (QED) is 0.0516. The summed E-state index contributed by atoms with van der Waals surface area (Å²) in [5.74, 6) is -3.70. The summed E-state index contributed by atoms with van der Waals surface area (Å²) in [6, 6.07) is 0. The van der Waals surface area contributed by atoms with E-state index >= 15 is 0 Å². The molecule has 0 radical (unpaired) electrons. The average Bonchev–Trinajstić information content (AvgIpc) is 3.30. The predicted molar refractivity (Wildman–Crippen MR) is 162 cm³/mol. The lowest BCUT2D eigenvalue weighted by molar-refractivity contribution is -0.383. The summed E-state index contributed by atoms with van der Waals surface area (Å²) < 4.78 is 42.2. The number of unbranched alkanes of at least 4 members (excludes halogenated alkanes) is 8. The third-order valence-electron chi connectivity index (χ3n) is 8.04. The highest BCUT2D eigenvalue weighted by molar-refractivity contribution is 5.70. The maximum absolute atomic E-state index is 12.3. The first kappa shape index (κ1) is 41.6. The molecule has 0 aromatic rings. The van der Waals surface area contributed by atoms with Gasteiger partial charge in [-0.1, -0.05) is 58.3 Å². The lowest BCUT2D eigenvalue weighted by Gasteiger charge is -2.43. The van der Waals surface area contributed by atoms with Crippen LogP contribution in [0.5, 0.6) is 0 Å². The Bertz CT molecular complexity index is 863. The number of hydrogen-bond acceptors (Lipinski definition) is 16. The Morgan fingerprint density at radius 2 is 1.30 bits per heavy atom. The van der Waals surface area contributed by atoms with Gasteiger partial charge in [0.1, 0.15) is 69.2 Å². The van der Waals surface area contributed by atoms with Gasteiger partial charge in [-0.15, -0.1) is 0 Å². The van der Waals surface area contributed by atoms with Crippen molar-refractivity contribution in [3.05, 3.63) is 0 Å². The Kier molecular flexibility index (Phi) is 20.3. The molecule has 2 saturated heterocycles. The van der Waals surface area contributed by atoms with Crippen molar-refractivity contribution >= 4 is 11.9 Å². The molecule has 2 aliphatic rings. The topological polar surface area (TPSA) is 229 Å². The number of methoxy groups -OCH3 is 1. The number of ether oxygens (including phenoxy) is 8. The lowest BCUT2D eigenvalue weighted by atomic mass is 9.99. The van der Waals surface area contributed by atoms with Gasteiger partial charge in [-0.3, -0.25) is 4.79 Å². The van der Waals surface area contributed by atoms with E-state index < -0.39 is 93.2 Å². The number of carbonyl (C=O) groups is 2. The fourth-order valence-electron chi connectivity index (χ4n) is 5.17. The highest BCUT2D eigenvalue weighted by Crippen LogP contribution is 2.36. The minimum absolute atomic E-state index is 0.116. The third kappa shape index (κ3) is 14.1. The number of aliphatic hydroxyl groups excluding tert-OH is 6. The molecule has 16 heteroatoms. The fourth-order valence-corrected chi connectivity index (χ4v) is 5.17. The highest BCUT2D eigenvalue weighted by atomic mass is 16.8. The molecule has 0 aliphatic carbocycles. The second kappa shape index (κ2) is 23.0. The molecule has 0 amide bonds. The number of aliphatic hydroxyl groups is 6. The van der Waals surface area contributed by atoms with Crippen LogP contribution in [0.25, 0.3) is 0 Å². The van der Waals surface area contributed by atoms with Crippen molar-refractivity contribution in [2.75, 3.05) is 60.0 Å². The van der Waals surface area contributed by atoms with Crippen LogP contribution in [0.1, 0.15) is 71.1 Å². The van der Waals surface area contributed by atoms with Crippen LogP contribution in [0.15, 0.2) is 0 Å². The molecule has 9 atom stereocenters. The smallest absolute Gasteiger partial charge is 0.332 e. The Morgan fingerprint density at radius 3 is 1.96 bits per heavy atom. The highest BCUT2D eigenvalue weighted by Gasteiger charge is 2.58. The van der Waals surface area contributed by atoms with E-state index in [1.165, 1.54) is 39.2 Å². The maximum atomic E-state index is 12.3. The first-order valence-electron chi connectivity index (χ1n) is 16.6. The van der Waals surface area contributed by atoms with Crippen LogP contribution in [-0.2, 0) is 47.5 Å². The van der Waals surface area contributed by atoms with Gasteiger partial charge in [-0.2, -0.15) is 0 Å². The van der Waals surface area contributed by atoms with E-state index in [0.717, 1.165) is 19.3 Å². The van der Waals surface area contributed by atoms with Gasteiger partial charge in [0.2, 0.25) is 5.79 Å². The normalized spacial score (nSPS) is 30.8.